The average molecular weight is 2400 g/mol. The molecule has 706 valence electrons. The SMILES string of the molecule is Brc1ccc2c(c1)Cc1c-2ccc2c1oc1ccccc12.Brc1ccc2c(c1)oc1ccccc12.Brc1ccc2c3ccc4c5ccccc5oc4c3n(-c3ccccc3)c2c1.CC1(C)OB(c2ccc3c(c2)oc2ccccc23)OC1(C)C.Ic1ccccc1.O=[N+]([O-])c1cc(Br)ccc1-c1ccc2c(c1)oc1ccccc12.O=[N+]([O-])c1cc(Br)ccc1Br.c1ccc(P(c2ccccc2)c2ccccc2)cc1. The van der Waals surface area contributed by atoms with E-state index in [-0.39, 0.29) is 34.6 Å². The lowest BCUT2D eigenvalue weighted by Gasteiger charge is -2.32. The maximum Gasteiger partial charge on any atom is 0.494 e. The average Bonchev–Trinajstić information content (AvgIpc) is 1.56. The summed E-state index contributed by atoms with van der Waals surface area (Å²) in [6.45, 7) is 8.25. The minimum Gasteiger partial charge on any atom is -0.456 e. The molecule has 25 aromatic rings. The van der Waals surface area contributed by atoms with Crippen molar-refractivity contribution in [2.45, 2.75) is 45.3 Å². The number of nitro benzene ring substituents is 2. The zero-order valence-corrected chi connectivity index (χ0v) is 90.2. The molecule has 1 saturated heterocycles. The number of halogens is 7. The van der Waals surface area contributed by atoms with Crippen molar-refractivity contribution in [3.8, 4) is 27.9 Å². The first kappa shape index (κ1) is 98.2. The summed E-state index contributed by atoms with van der Waals surface area (Å²) in [7, 11) is -0.805. The molecule has 1 aliphatic heterocycles. The van der Waals surface area contributed by atoms with E-state index in [1.165, 1.54) is 91.7 Å². The fourth-order valence-corrected chi connectivity index (χ4v) is 23.0. The lowest BCUT2D eigenvalue weighted by Crippen LogP contribution is -2.41. The Labute approximate surface area is 894 Å². The minimum absolute atomic E-state index is 0.0647. The number of hydrogen-bond acceptors (Lipinski definition) is 11. The normalized spacial score (nSPS) is 12.6. The summed E-state index contributed by atoms with van der Waals surface area (Å²) in [5.41, 5.74) is 19.6. The molecule has 6 aromatic heterocycles. The molecule has 0 saturated carbocycles. The van der Waals surface area contributed by atoms with Crippen LogP contribution in [0.15, 0.2) is 474 Å². The number of benzene rings is 19. The summed E-state index contributed by atoms with van der Waals surface area (Å²) in [4.78, 5) is 20.8. The Bertz CT molecular complexity index is 8990. The second-order valence-electron chi connectivity index (χ2n) is 35.2. The van der Waals surface area contributed by atoms with Gasteiger partial charge in [0.1, 0.15) is 50.2 Å². The van der Waals surface area contributed by atoms with E-state index < -0.39 is 12.8 Å². The Kier molecular flexibility index (Phi) is 29.3. The van der Waals surface area contributed by atoms with Crippen LogP contribution in [0.3, 0.4) is 0 Å². The number of hydrogen-bond donors (Lipinski definition) is 0. The fraction of sp³-hybridized carbons (Fsp3) is 0.0579. The summed E-state index contributed by atoms with van der Waals surface area (Å²) < 4.78 is 50.9. The van der Waals surface area contributed by atoms with Gasteiger partial charge in [-0.2, -0.15) is 0 Å². The number of rotatable bonds is 8. The molecule has 1 aliphatic carbocycles. The van der Waals surface area contributed by atoms with Crippen LogP contribution in [0, 0.1) is 23.8 Å². The second-order valence-corrected chi connectivity index (χ2v) is 44.1. The number of furan rings is 5. The Morgan fingerprint density at radius 3 is 1.19 bits per heavy atom. The smallest absolute Gasteiger partial charge is 0.456 e. The molecule has 27 rings (SSSR count). The molecule has 23 heteroatoms. The molecule has 0 N–H and O–H groups in total. The third-order valence-corrected chi connectivity index (χ3v) is 31.9. The highest BCUT2D eigenvalue weighted by Crippen LogP contribution is 2.47. The number of aromatic nitrogens is 1. The molecule has 2 aliphatic rings. The van der Waals surface area contributed by atoms with Crippen LogP contribution in [-0.4, -0.2) is 32.7 Å². The maximum atomic E-state index is 11.3. The molecule has 1 fully saturated rings. The molecular weight excluding hydrogens is 2320 g/mol. The molecule has 0 amide bonds. The van der Waals surface area contributed by atoms with Crippen LogP contribution in [0.1, 0.15) is 38.8 Å². The van der Waals surface area contributed by atoms with Crippen molar-refractivity contribution in [3.05, 3.63) is 486 Å². The summed E-state index contributed by atoms with van der Waals surface area (Å²) in [6, 6.07) is 143. The van der Waals surface area contributed by atoms with E-state index in [1.807, 2.05) is 146 Å². The van der Waals surface area contributed by atoms with Crippen LogP contribution in [0.4, 0.5) is 11.4 Å². The Hall–Kier alpha value is -13.2. The van der Waals surface area contributed by atoms with E-state index in [4.69, 9.17) is 31.4 Å². The van der Waals surface area contributed by atoms with E-state index in [2.05, 4.69) is 393 Å². The maximum absolute atomic E-state index is 11.3. The summed E-state index contributed by atoms with van der Waals surface area (Å²) in [6.07, 6.45) is 0.946. The minimum atomic E-state index is -0.446. The van der Waals surface area contributed by atoms with Crippen LogP contribution in [0.2, 0.25) is 0 Å². The number of para-hydroxylation sites is 6. The van der Waals surface area contributed by atoms with Gasteiger partial charge in [0.15, 0.2) is 5.58 Å². The first-order valence-electron chi connectivity index (χ1n) is 46.2. The van der Waals surface area contributed by atoms with Crippen molar-refractivity contribution in [1.82, 2.24) is 4.57 Å². The quantitative estimate of drug-likeness (QED) is 0.0465. The molecule has 19 aromatic carbocycles. The van der Waals surface area contributed by atoms with Gasteiger partial charge < -0.3 is 36.0 Å². The lowest BCUT2D eigenvalue weighted by atomic mass is 9.79. The molecule has 0 atom stereocenters. The van der Waals surface area contributed by atoms with Crippen LogP contribution in [0.5, 0.6) is 0 Å². The third kappa shape index (κ3) is 20.8. The molecule has 144 heavy (non-hydrogen) atoms. The third-order valence-electron chi connectivity index (χ3n) is 25.6. The van der Waals surface area contributed by atoms with Gasteiger partial charge in [-0.25, -0.2) is 0 Å². The van der Waals surface area contributed by atoms with Crippen molar-refractivity contribution in [2.75, 3.05) is 0 Å². The molecule has 0 unspecified atom stereocenters. The summed E-state index contributed by atoms with van der Waals surface area (Å²) >= 11 is 22.4. The van der Waals surface area contributed by atoms with Crippen molar-refractivity contribution >= 4 is 297 Å². The van der Waals surface area contributed by atoms with Crippen LogP contribution in [0.25, 0.3) is 159 Å². The van der Waals surface area contributed by atoms with Crippen LogP contribution in [-0.2, 0) is 15.7 Å². The first-order valence-corrected chi connectivity index (χ1v) is 53.4. The number of fused-ring (bicyclic) bond motifs is 23. The monoisotopic (exact) mass is 2400 g/mol. The van der Waals surface area contributed by atoms with E-state index in [9.17, 15) is 20.2 Å². The predicted octanol–water partition coefficient (Wildman–Crippen LogP) is 36.4. The predicted molar refractivity (Wildman–Crippen MR) is 623 cm³/mol. The van der Waals surface area contributed by atoms with Gasteiger partial charge in [0, 0.05) is 120 Å². The van der Waals surface area contributed by atoms with Crippen molar-refractivity contribution in [1.29, 1.82) is 0 Å². The molecule has 7 heterocycles. The van der Waals surface area contributed by atoms with E-state index in [0.29, 0.717) is 19.0 Å². The Balaban J connectivity index is 0.000000103. The van der Waals surface area contributed by atoms with E-state index in [0.717, 1.165) is 130 Å². The van der Waals surface area contributed by atoms with Gasteiger partial charge in [0.05, 0.1) is 42.1 Å². The zero-order chi connectivity index (χ0) is 99.4. The second kappa shape index (κ2) is 43.0. The molecule has 0 radical (unpaired) electrons. The van der Waals surface area contributed by atoms with Gasteiger partial charge in [0.25, 0.3) is 11.4 Å². The van der Waals surface area contributed by atoms with Gasteiger partial charge in [-0.05, 0) is 269 Å². The summed E-state index contributed by atoms with van der Waals surface area (Å²) in [5.74, 6) is 0. The molecule has 0 bridgehead atoms. The van der Waals surface area contributed by atoms with Crippen LogP contribution >= 0.6 is 126 Å². The van der Waals surface area contributed by atoms with Gasteiger partial charge in [0.2, 0.25) is 0 Å². The number of nitro groups is 2. The largest absolute Gasteiger partial charge is 0.494 e. The lowest BCUT2D eigenvalue weighted by molar-refractivity contribution is -0.385. The van der Waals surface area contributed by atoms with Crippen molar-refractivity contribution in [3.63, 3.8) is 0 Å². The Morgan fingerprint density at radius 1 is 0.319 bits per heavy atom. The molecular formula is C121H84BBr6IN3O11P. The fourth-order valence-electron chi connectivity index (χ4n) is 18.1. The van der Waals surface area contributed by atoms with Gasteiger partial charge in [-0.3, -0.25) is 20.2 Å². The molecule has 14 nitrogen and oxygen atoms in total. The highest BCUT2D eigenvalue weighted by molar-refractivity contribution is 14.1. The highest BCUT2D eigenvalue weighted by atomic mass is 127. The van der Waals surface area contributed by atoms with Gasteiger partial charge in [-0.1, -0.05) is 341 Å². The van der Waals surface area contributed by atoms with Crippen LogP contribution < -0.4 is 21.4 Å². The van der Waals surface area contributed by atoms with E-state index >= 15 is 0 Å². The molecule has 0 spiro atoms. The Morgan fingerprint density at radius 2 is 0.681 bits per heavy atom. The van der Waals surface area contributed by atoms with Gasteiger partial charge >= 0.3 is 7.12 Å². The standard InChI is InChI=1S/C24H14BrNO.C19H11BrO.C18H19BO3.C18H10BrNO3.C18H15P.C12H7BrO.C6H3Br2NO2.C6H5I/c25-15-10-11-17-19-12-13-20-18-8-4-5-9-22(18)27-24(20)23(19)26(21(17)14-15)16-6-2-1-3-7-16;20-12-5-6-13-11(9-12)10-17-14(13)7-8-16-15-3-1-2-4-18(15)21-19(16)17;1-17(2)18(3,4)22-19(21-17)12-9-10-14-13-7-5-6-8-15(13)20-16(14)11-12;19-12-6-8-13(16(10-12)20(21)22)11-5-7-15-14-3-1-2-4-17(14)23-18(15)9-11;1-4-10-16(11-5-1)19(17-12-6-2-7-13-17)18-14-8-3-9-15-18;13-8-5-6-10-9-3-1-2-4-11(9)14-12(10)7-8;7-4-1-2-5(8)6(3-4)9(10)11;7-6-4-2-1-3-5-6/h1-14H;1-9H,10H2;5-11H,1-4H3;1-10H;1-15H;1-7H;1-3H;1-5H. The van der Waals surface area contributed by atoms with Crippen molar-refractivity contribution in [2.24, 2.45) is 0 Å². The van der Waals surface area contributed by atoms with Gasteiger partial charge in [-0.15, -0.1) is 0 Å². The first-order chi connectivity index (χ1) is 69.9. The van der Waals surface area contributed by atoms with Crippen molar-refractivity contribution < 1.29 is 41.2 Å². The van der Waals surface area contributed by atoms with E-state index in [1.54, 1.807) is 24.3 Å². The zero-order valence-electron chi connectivity index (χ0n) is 77.6. The number of nitrogens with zero attached hydrogens (tertiary/aromatic N) is 3. The topological polar surface area (TPSA) is 175 Å². The highest BCUT2D eigenvalue weighted by Gasteiger charge is 2.52. The summed E-state index contributed by atoms with van der Waals surface area (Å²) in [5, 5.41) is 39.6.